The Bertz CT molecular complexity index is 1060. The van der Waals surface area contributed by atoms with Gasteiger partial charge >= 0.3 is 0 Å². The second-order valence-electron chi connectivity index (χ2n) is 7.35. The van der Waals surface area contributed by atoms with Crippen LogP contribution in [0.1, 0.15) is 20.7 Å². The number of piperazine rings is 1. The van der Waals surface area contributed by atoms with E-state index >= 15 is 0 Å². The third kappa shape index (κ3) is 4.35. The molecule has 1 saturated heterocycles. The van der Waals surface area contributed by atoms with E-state index in [4.69, 9.17) is 5.11 Å². The highest BCUT2D eigenvalue weighted by atomic mass is 32.1. The van der Waals surface area contributed by atoms with Gasteiger partial charge in [-0.2, -0.15) is 0 Å². The Morgan fingerprint density at radius 3 is 2.47 bits per heavy atom. The van der Waals surface area contributed by atoms with Crippen LogP contribution in [0.25, 0.3) is 20.8 Å². The molecule has 30 heavy (non-hydrogen) atoms. The highest BCUT2D eigenvalue weighted by Gasteiger charge is 2.20. The number of hydrogen-bond donors (Lipinski definition) is 2. The van der Waals surface area contributed by atoms with Gasteiger partial charge in [0, 0.05) is 49.4 Å². The minimum atomic E-state index is -0.215. The van der Waals surface area contributed by atoms with Crippen LogP contribution >= 0.6 is 11.3 Å². The number of aromatic nitrogens is 1. The van der Waals surface area contributed by atoms with Crippen LogP contribution in [0.5, 0.6) is 0 Å². The van der Waals surface area contributed by atoms with Crippen LogP contribution in [0.4, 0.5) is 0 Å². The molecule has 0 bridgehead atoms. The van der Waals surface area contributed by atoms with Gasteiger partial charge in [-0.3, -0.25) is 9.59 Å². The number of hydrogen-bond acceptors (Lipinski definition) is 6. The Hall–Kier alpha value is -2.81. The van der Waals surface area contributed by atoms with Crippen LogP contribution in [0.15, 0.2) is 42.5 Å². The average molecular weight is 425 g/mol. The van der Waals surface area contributed by atoms with E-state index in [2.05, 4.69) is 22.2 Å². The van der Waals surface area contributed by atoms with Gasteiger partial charge in [-0.15, -0.1) is 11.3 Å². The van der Waals surface area contributed by atoms with Crippen molar-refractivity contribution in [1.29, 1.82) is 0 Å². The van der Waals surface area contributed by atoms with E-state index in [-0.39, 0.29) is 25.0 Å². The van der Waals surface area contributed by atoms with E-state index < -0.39 is 0 Å². The Labute approximate surface area is 178 Å². The summed E-state index contributed by atoms with van der Waals surface area (Å²) in [5.41, 5.74) is 3.00. The number of nitrogens with zero attached hydrogens (tertiary/aromatic N) is 3. The van der Waals surface area contributed by atoms with Crippen LogP contribution in [0, 0.1) is 0 Å². The van der Waals surface area contributed by atoms with Crippen molar-refractivity contribution in [3.05, 3.63) is 53.6 Å². The number of likely N-dealkylation sites (N-methyl/N-ethyl adjacent to an activating group) is 1. The maximum atomic E-state index is 12.7. The summed E-state index contributed by atoms with van der Waals surface area (Å²) in [4.78, 5) is 33.6. The zero-order chi connectivity index (χ0) is 21.1. The smallest absolute Gasteiger partial charge is 0.253 e. The third-order valence-electron chi connectivity index (χ3n) is 5.22. The van der Waals surface area contributed by atoms with Gasteiger partial charge in [-0.25, -0.2) is 4.98 Å². The monoisotopic (exact) mass is 424 g/mol. The first-order valence-corrected chi connectivity index (χ1v) is 10.7. The van der Waals surface area contributed by atoms with Gasteiger partial charge in [-0.05, 0) is 37.4 Å². The lowest BCUT2D eigenvalue weighted by Gasteiger charge is -2.32. The largest absolute Gasteiger partial charge is 0.395 e. The molecule has 0 aliphatic carbocycles. The molecule has 2 heterocycles. The molecule has 1 fully saturated rings. The molecule has 3 aromatic rings. The fraction of sp³-hybridized carbons (Fsp3) is 0.318. The van der Waals surface area contributed by atoms with Crippen molar-refractivity contribution in [1.82, 2.24) is 20.1 Å². The van der Waals surface area contributed by atoms with Gasteiger partial charge in [0.2, 0.25) is 0 Å². The normalized spacial score (nSPS) is 14.8. The second-order valence-corrected chi connectivity index (χ2v) is 8.38. The predicted octanol–water partition coefficient (Wildman–Crippen LogP) is 2.07. The van der Waals surface area contributed by atoms with Crippen LogP contribution in [0.2, 0.25) is 0 Å². The molecular formula is C22H24N4O3S. The van der Waals surface area contributed by atoms with Crippen molar-refractivity contribution >= 4 is 33.4 Å². The Balaban J connectivity index is 1.51. The quantitative estimate of drug-likeness (QED) is 0.655. The van der Waals surface area contributed by atoms with E-state index in [0.717, 1.165) is 47.0 Å². The van der Waals surface area contributed by atoms with E-state index in [9.17, 15) is 9.59 Å². The summed E-state index contributed by atoms with van der Waals surface area (Å²) in [6.45, 7) is 3.44. The molecule has 1 aromatic heterocycles. The van der Waals surface area contributed by atoms with Crippen LogP contribution in [-0.4, -0.2) is 78.1 Å². The fourth-order valence-corrected chi connectivity index (χ4v) is 4.42. The minimum absolute atomic E-state index is 0.0671. The summed E-state index contributed by atoms with van der Waals surface area (Å²) in [5.74, 6) is -0.148. The first-order valence-electron chi connectivity index (χ1n) is 9.93. The molecule has 0 saturated carbocycles. The zero-order valence-corrected chi connectivity index (χ0v) is 17.6. The molecule has 8 heteroatoms. The number of aliphatic hydroxyl groups excluding tert-OH is 1. The molecule has 156 valence electrons. The van der Waals surface area contributed by atoms with Crippen LogP contribution in [-0.2, 0) is 0 Å². The number of aliphatic hydroxyl groups is 1. The summed E-state index contributed by atoms with van der Waals surface area (Å²) in [7, 11) is 2.07. The first kappa shape index (κ1) is 20.5. The number of thiazole rings is 1. The van der Waals surface area contributed by atoms with Crippen molar-refractivity contribution in [3.8, 4) is 10.6 Å². The number of nitrogens with one attached hydrogen (secondary N) is 1. The number of rotatable bonds is 5. The van der Waals surface area contributed by atoms with E-state index in [1.165, 1.54) is 11.3 Å². The molecule has 7 nitrogen and oxygen atoms in total. The SMILES string of the molecule is CN1CCN(C(=O)c2ccc(-c3nc4ccc(C(=O)NCCO)cc4s3)cc2)CC1. The number of amides is 2. The standard InChI is InChI=1S/C22H24N4O3S/c1-25-9-11-26(12-10-25)22(29)16-4-2-15(3-5-16)21-24-18-7-6-17(14-19(18)30-21)20(28)23-8-13-27/h2-7,14,27H,8-13H2,1H3,(H,23,28). The highest BCUT2D eigenvalue weighted by molar-refractivity contribution is 7.21. The van der Waals surface area contributed by atoms with Gasteiger partial charge in [0.15, 0.2) is 0 Å². The molecule has 0 radical (unpaired) electrons. The van der Waals surface area contributed by atoms with Crippen molar-refractivity contribution in [2.24, 2.45) is 0 Å². The van der Waals surface area contributed by atoms with Crippen molar-refractivity contribution in [3.63, 3.8) is 0 Å². The Morgan fingerprint density at radius 2 is 1.77 bits per heavy atom. The number of carbonyl (C=O) groups is 2. The topological polar surface area (TPSA) is 85.8 Å². The van der Waals surface area contributed by atoms with Gasteiger partial charge < -0.3 is 20.2 Å². The maximum absolute atomic E-state index is 12.7. The molecule has 0 unspecified atom stereocenters. The number of fused-ring (bicyclic) bond motifs is 1. The summed E-state index contributed by atoms with van der Waals surface area (Å²) >= 11 is 1.51. The lowest BCUT2D eigenvalue weighted by molar-refractivity contribution is 0.0664. The van der Waals surface area contributed by atoms with E-state index in [1.54, 1.807) is 6.07 Å². The summed E-state index contributed by atoms with van der Waals surface area (Å²) in [5, 5.41) is 12.4. The number of benzene rings is 2. The molecule has 0 atom stereocenters. The highest BCUT2D eigenvalue weighted by Crippen LogP contribution is 2.31. The Kier molecular flexibility index (Phi) is 6.08. The zero-order valence-electron chi connectivity index (χ0n) is 16.8. The first-order chi connectivity index (χ1) is 14.5. The predicted molar refractivity (Wildman–Crippen MR) is 118 cm³/mol. The van der Waals surface area contributed by atoms with E-state index in [0.29, 0.717) is 11.1 Å². The Morgan fingerprint density at radius 1 is 1.07 bits per heavy atom. The van der Waals surface area contributed by atoms with Crippen LogP contribution in [0.3, 0.4) is 0 Å². The molecule has 2 N–H and O–H groups in total. The van der Waals surface area contributed by atoms with Crippen molar-refractivity contribution < 1.29 is 14.7 Å². The second kappa shape index (κ2) is 8.91. The molecule has 2 aromatic carbocycles. The summed E-state index contributed by atoms with van der Waals surface area (Å²) in [6.07, 6.45) is 0. The summed E-state index contributed by atoms with van der Waals surface area (Å²) < 4.78 is 0.916. The van der Waals surface area contributed by atoms with Gasteiger partial charge in [0.05, 0.1) is 16.8 Å². The van der Waals surface area contributed by atoms with Crippen molar-refractivity contribution in [2.75, 3.05) is 46.4 Å². The molecule has 2 amide bonds. The van der Waals surface area contributed by atoms with Gasteiger partial charge in [0.25, 0.3) is 11.8 Å². The minimum Gasteiger partial charge on any atom is -0.395 e. The molecular weight excluding hydrogens is 400 g/mol. The van der Waals surface area contributed by atoms with Crippen molar-refractivity contribution in [2.45, 2.75) is 0 Å². The van der Waals surface area contributed by atoms with Crippen LogP contribution < -0.4 is 5.32 Å². The molecule has 4 rings (SSSR count). The lowest BCUT2D eigenvalue weighted by atomic mass is 10.1. The molecule has 0 spiro atoms. The summed E-state index contributed by atoms with van der Waals surface area (Å²) in [6, 6.07) is 12.9. The average Bonchev–Trinajstić information content (AvgIpc) is 3.21. The maximum Gasteiger partial charge on any atom is 0.253 e. The number of carbonyl (C=O) groups excluding carboxylic acids is 2. The van der Waals surface area contributed by atoms with Gasteiger partial charge in [0.1, 0.15) is 5.01 Å². The lowest BCUT2D eigenvalue weighted by Crippen LogP contribution is -2.47. The fourth-order valence-electron chi connectivity index (χ4n) is 3.41. The van der Waals surface area contributed by atoms with E-state index in [1.807, 2.05) is 41.3 Å². The molecule has 1 aliphatic rings. The third-order valence-corrected chi connectivity index (χ3v) is 6.28. The van der Waals surface area contributed by atoms with Gasteiger partial charge in [-0.1, -0.05) is 12.1 Å². The molecule has 1 aliphatic heterocycles.